The Morgan fingerprint density at radius 2 is 1.88 bits per heavy atom. The van der Waals surface area contributed by atoms with Gasteiger partial charge in [-0.1, -0.05) is 57.6 Å². The Labute approximate surface area is 106 Å². The van der Waals surface area contributed by atoms with Gasteiger partial charge in [0.2, 0.25) is 5.69 Å². The van der Waals surface area contributed by atoms with E-state index in [0.29, 0.717) is 11.6 Å². The van der Waals surface area contributed by atoms with Gasteiger partial charge in [-0.2, -0.15) is 0 Å². The molecule has 0 amide bonds. The summed E-state index contributed by atoms with van der Waals surface area (Å²) in [7, 11) is -1.38. The quantitative estimate of drug-likeness (QED) is 0.385. The topological polar surface area (TPSA) is 4.36 Å². The third kappa shape index (κ3) is 4.09. The van der Waals surface area contributed by atoms with E-state index in [2.05, 4.69) is 55.9 Å². The molecule has 0 radical (unpaired) electrons. The van der Waals surface area contributed by atoms with Crippen LogP contribution < -0.4 is 0 Å². The molecule has 0 unspecified atom stereocenters. The highest BCUT2D eigenvalue weighted by Gasteiger charge is 2.09. The lowest BCUT2D eigenvalue weighted by Gasteiger charge is -2.08. The Morgan fingerprint density at radius 1 is 1.24 bits per heavy atom. The van der Waals surface area contributed by atoms with Gasteiger partial charge < -0.3 is 0 Å². The second-order valence-electron chi connectivity index (χ2n) is 5.54. The van der Waals surface area contributed by atoms with Crippen molar-refractivity contribution < 1.29 is 0 Å². The van der Waals surface area contributed by atoms with Gasteiger partial charge in [0.05, 0.1) is 6.57 Å². The van der Waals surface area contributed by atoms with E-state index in [9.17, 15) is 0 Å². The smallest absolute Gasteiger partial charge is 0.202 e. The van der Waals surface area contributed by atoms with Crippen LogP contribution in [0.15, 0.2) is 18.2 Å². The fourth-order valence-corrected chi connectivity index (χ4v) is 1.87. The molecule has 1 rings (SSSR count). The molecule has 1 aromatic rings. The van der Waals surface area contributed by atoms with Crippen LogP contribution in [0.5, 0.6) is 0 Å². The van der Waals surface area contributed by atoms with E-state index in [1.807, 2.05) is 12.1 Å². The first kappa shape index (κ1) is 13.6. The van der Waals surface area contributed by atoms with Crippen LogP contribution in [-0.4, -0.2) is 8.07 Å². The summed E-state index contributed by atoms with van der Waals surface area (Å²) in [5.74, 6) is 3.67. The molecule has 1 nitrogen and oxygen atoms in total. The van der Waals surface area contributed by atoms with Crippen molar-refractivity contribution in [2.75, 3.05) is 0 Å². The van der Waals surface area contributed by atoms with Crippen LogP contribution in [0, 0.1) is 18.0 Å². The second-order valence-corrected chi connectivity index (χ2v) is 10.3. The van der Waals surface area contributed by atoms with Crippen LogP contribution in [0.2, 0.25) is 19.6 Å². The number of hydrogen-bond acceptors (Lipinski definition) is 0. The minimum atomic E-state index is -1.38. The van der Waals surface area contributed by atoms with Gasteiger partial charge in [0.1, 0.15) is 8.07 Å². The van der Waals surface area contributed by atoms with Crippen molar-refractivity contribution in [3.05, 3.63) is 40.7 Å². The van der Waals surface area contributed by atoms with Gasteiger partial charge in [-0.15, -0.1) is 5.54 Å². The van der Waals surface area contributed by atoms with Crippen molar-refractivity contribution in [1.29, 1.82) is 0 Å². The van der Waals surface area contributed by atoms with E-state index in [1.54, 1.807) is 0 Å². The zero-order chi connectivity index (χ0) is 13.1. The summed E-state index contributed by atoms with van der Waals surface area (Å²) in [5, 5.41) is 0. The summed E-state index contributed by atoms with van der Waals surface area (Å²) in [6.45, 7) is 18.1. The Balaban J connectivity index is 3.24. The average molecular weight is 241 g/mol. The number of rotatable bonds is 1. The van der Waals surface area contributed by atoms with Crippen molar-refractivity contribution in [3.8, 4) is 11.5 Å². The van der Waals surface area contributed by atoms with Crippen molar-refractivity contribution in [2.45, 2.75) is 39.4 Å². The Kier molecular flexibility index (Phi) is 4.15. The fourth-order valence-electron chi connectivity index (χ4n) is 1.37. The summed E-state index contributed by atoms with van der Waals surface area (Å²) in [4.78, 5) is 3.53. The van der Waals surface area contributed by atoms with Gasteiger partial charge in [-0.25, -0.2) is 4.85 Å². The van der Waals surface area contributed by atoms with E-state index < -0.39 is 8.07 Å². The lowest BCUT2D eigenvalue weighted by molar-refractivity contribution is 0.866. The van der Waals surface area contributed by atoms with Crippen LogP contribution in [0.25, 0.3) is 4.85 Å². The van der Waals surface area contributed by atoms with E-state index >= 15 is 0 Å². The maximum atomic E-state index is 7.17. The summed E-state index contributed by atoms with van der Waals surface area (Å²) in [5.41, 5.74) is 6.12. The number of benzene rings is 1. The van der Waals surface area contributed by atoms with Crippen molar-refractivity contribution in [3.63, 3.8) is 0 Å². The molecule has 0 aromatic heterocycles. The van der Waals surface area contributed by atoms with E-state index in [-0.39, 0.29) is 0 Å². The van der Waals surface area contributed by atoms with Crippen LogP contribution in [0.3, 0.4) is 0 Å². The molecule has 0 aliphatic heterocycles. The highest BCUT2D eigenvalue weighted by Crippen LogP contribution is 2.24. The summed E-state index contributed by atoms with van der Waals surface area (Å²) in [6.07, 6.45) is 0. The first-order chi connectivity index (χ1) is 7.83. The molecule has 0 saturated heterocycles. The summed E-state index contributed by atoms with van der Waals surface area (Å²) in [6, 6.07) is 5.97. The number of hydrogen-bond donors (Lipinski definition) is 0. The molecule has 0 fully saturated rings. The van der Waals surface area contributed by atoms with Crippen LogP contribution in [0.1, 0.15) is 30.9 Å². The van der Waals surface area contributed by atoms with Crippen LogP contribution in [-0.2, 0) is 0 Å². The van der Waals surface area contributed by atoms with Gasteiger partial charge in [0.25, 0.3) is 0 Å². The number of nitrogens with zero attached hydrogens (tertiary/aromatic N) is 1. The zero-order valence-electron chi connectivity index (χ0n) is 11.3. The largest absolute Gasteiger partial charge is 0.237 e. The van der Waals surface area contributed by atoms with Gasteiger partial charge in [0.15, 0.2) is 0 Å². The van der Waals surface area contributed by atoms with Gasteiger partial charge in [-0.3, -0.25) is 0 Å². The molecule has 0 bridgehead atoms. The third-order valence-electron chi connectivity index (χ3n) is 2.38. The standard InChI is InChI=1S/C15H19NSi/c1-12(2)13-7-8-15(16-3)14(11-13)9-10-17(4,5)6/h7-8,11-12H,1-2,4-6H3. The normalized spacial score (nSPS) is 10.6. The van der Waals surface area contributed by atoms with Crippen molar-refractivity contribution in [1.82, 2.24) is 0 Å². The summed E-state index contributed by atoms with van der Waals surface area (Å²) < 4.78 is 0. The van der Waals surface area contributed by atoms with E-state index in [4.69, 9.17) is 6.57 Å². The van der Waals surface area contributed by atoms with E-state index in [1.165, 1.54) is 5.56 Å². The average Bonchev–Trinajstić information content (AvgIpc) is 2.24. The molecule has 17 heavy (non-hydrogen) atoms. The Hall–Kier alpha value is -1.51. The molecule has 0 N–H and O–H groups in total. The molecule has 0 aliphatic rings. The van der Waals surface area contributed by atoms with Crippen molar-refractivity contribution in [2.24, 2.45) is 0 Å². The highest BCUT2D eigenvalue weighted by atomic mass is 28.3. The molecular formula is C15H19NSi. The van der Waals surface area contributed by atoms with Crippen LogP contribution >= 0.6 is 0 Å². The molecule has 1 aromatic carbocycles. The first-order valence-corrected chi connectivity index (χ1v) is 9.38. The third-order valence-corrected chi connectivity index (χ3v) is 3.25. The summed E-state index contributed by atoms with van der Waals surface area (Å²) >= 11 is 0. The molecule has 0 aliphatic carbocycles. The highest BCUT2D eigenvalue weighted by molar-refractivity contribution is 6.83. The second kappa shape index (κ2) is 5.21. The van der Waals surface area contributed by atoms with Gasteiger partial charge in [-0.05, 0) is 11.5 Å². The maximum absolute atomic E-state index is 7.17. The minimum absolute atomic E-state index is 0.474. The SMILES string of the molecule is [C-]#[N+]c1ccc(C(C)C)cc1C#C[Si](C)(C)C. The predicted molar refractivity (Wildman–Crippen MR) is 77.0 cm³/mol. The van der Waals surface area contributed by atoms with Gasteiger partial charge in [0, 0.05) is 5.56 Å². The molecule has 0 atom stereocenters. The molecule has 88 valence electrons. The Bertz CT molecular complexity index is 504. The zero-order valence-corrected chi connectivity index (χ0v) is 12.3. The van der Waals surface area contributed by atoms with Crippen molar-refractivity contribution >= 4 is 13.8 Å². The first-order valence-electron chi connectivity index (χ1n) is 5.88. The lowest BCUT2D eigenvalue weighted by Crippen LogP contribution is -2.16. The monoisotopic (exact) mass is 241 g/mol. The van der Waals surface area contributed by atoms with E-state index in [0.717, 1.165) is 5.56 Å². The lowest BCUT2D eigenvalue weighted by atomic mass is 10.00. The van der Waals surface area contributed by atoms with Gasteiger partial charge >= 0.3 is 0 Å². The predicted octanol–water partition coefficient (Wildman–Crippen LogP) is 4.59. The molecule has 2 heteroatoms. The molecule has 0 spiro atoms. The minimum Gasteiger partial charge on any atom is -0.237 e. The molecule has 0 heterocycles. The Morgan fingerprint density at radius 3 is 2.35 bits per heavy atom. The maximum Gasteiger partial charge on any atom is 0.202 e. The molecule has 0 saturated carbocycles. The fraction of sp³-hybridized carbons (Fsp3) is 0.400. The van der Waals surface area contributed by atoms with Crippen LogP contribution in [0.4, 0.5) is 5.69 Å². The molecular weight excluding hydrogens is 222 g/mol.